The predicted octanol–water partition coefficient (Wildman–Crippen LogP) is 2.44. The van der Waals surface area contributed by atoms with E-state index in [0.717, 1.165) is 11.3 Å². The lowest BCUT2D eigenvalue weighted by atomic mass is 10.1. The second kappa shape index (κ2) is 9.68. The smallest absolute Gasteiger partial charge is 0.215 e. The molecule has 8 heteroatoms. The third-order valence-corrected chi connectivity index (χ3v) is 5.37. The van der Waals surface area contributed by atoms with E-state index in [2.05, 4.69) is 4.72 Å². The molecule has 0 bridgehead atoms. The minimum absolute atomic E-state index is 0.0177. The fraction of sp³-hybridized carbons (Fsp3) is 0.368. The number of hydrogen-bond acceptors (Lipinski definition) is 5. The molecule has 0 spiro atoms. The van der Waals surface area contributed by atoms with Gasteiger partial charge in [-0.05, 0) is 56.1 Å². The van der Waals surface area contributed by atoms with Gasteiger partial charge in [-0.2, -0.15) is 0 Å². The second-order valence-corrected chi connectivity index (χ2v) is 8.15. The molecule has 0 radical (unpaired) electrons. The zero-order valence-electron chi connectivity index (χ0n) is 15.7. The van der Waals surface area contributed by atoms with E-state index in [1.165, 1.54) is 24.3 Å². The lowest BCUT2D eigenvalue weighted by Crippen LogP contribution is -2.36. The first-order valence-electron chi connectivity index (χ1n) is 8.47. The van der Waals surface area contributed by atoms with Gasteiger partial charge in [0.25, 0.3) is 0 Å². The molecule has 0 amide bonds. The Hall–Kier alpha value is -2.16. The van der Waals surface area contributed by atoms with Crippen LogP contribution in [0, 0.1) is 5.82 Å². The molecule has 1 unspecified atom stereocenters. The molecule has 6 nitrogen and oxygen atoms in total. The summed E-state index contributed by atoms with van der Waals surface area (Å²) in [6.45, 7) is 0.217. The Balaban J connectivity index is 1.89. The van der Waals surface area contributed by atoms with Crippen LogP contribution in [-0.4, -0.2) is 53.4 Å². The lowest BCUT2D eigenvalue weighted by Gasteiger charge is -2.25. The van der Waals surface area contributed by atoms with Crippen molar-refractivity contribution in [3.05, 3.63) is 59.9 Å². The maximum absolute atomic E-state index is 12.8. The average molecular weight is 396 g/mol. The molecular formula is C19H25FN2O4S. The van der Waals surface area contributed by atoms with Crippen molar-refractivity contribution in [1.29, 1.82) is 0 Å². The SMILES string of the molecule is COc1ccc(C(CNS(=O)(=O)CCOc2ccc(F)cc2)N(C)C)cc1. The Kier molecular flexibility index (Phi) is 7.58. The maximum Gasteiger partial charge on any atom is 0.215 e. The number of hydrogen-bond donors (Lipinski definition) is 1. The highest BCUT2D eigenvalue weighted by atomic mass is 32.2. The molecule has 0 saturated heterocycles. The third kappa shape index (κ3) is 6.82. The van der Waals surface area contributed by atoms with Crippen LogP contribution in [0.4, 0.5) is 4.39 Å². The number of nitrogens with one attached hydrogen (secondary N) is 1. The van der Waals surface area contributed by atoms with Gasteiger partial charge in [-0.15, -0.1) is 0 Å². The highest BCUT2D eigenvalue weighted by Crippen LogP contribution is 2.21. The lowest BCUT2D eigenvalue weighted by molar-refractivity contribution is 0.298. The zero-order valence-corrected chi connectivity index (χ0v) is 16.5. The largest absolute Gasteiger partial charge is 0.497 e. The topological polar surface area (TPSA) is 67.9 Å². The summed E-state index contributed by atoms with van der Waals surface area (Å²) in [5, 5.41) is 0. The van der Waals surface area contributed by atoms with Gasteiger partial charge >= 0.3 is 0 Å². The Labute approximate surface area is 160 Å². The van der Waals surface area contributed by atoms with Crippen molar-refractivity contribution < 1.29 is 22.3 Å². The van der Waals surface area contributed by atoms with E-state index in [0.29, 0.717) is 5.75 Å². The minimum atomic E-state index is -3.51. The fourth-order valence-corrected chi connectivity index (χ4v) is 3.36. The van der Waals surface area contributed by atoms with Crippen molar-refractivity contribution in [3.63, 3.8) is 0 Å². The molecule has 0 aliphatic rings. The van der Waals surface area contributed by atoms with Crippen LogP contribution in [0.1, 0.15) is 11.6 Å². The Bertz CT molecular complexity index is 809. The number of benzene rings is 2. The maximum atomic E-state index is 12.8. The molecular weight excluding hydrogens is 371 g/mol. The van der Waals surface area contributed by atoms with E-state index >= 15 is 0 Å². The van der Waals surface area contributed by atoms with E-state index in [1.807, 2.05) is 43.3 Å². The van der Waals surface area contributed by atoms with Crippen molar-refractivity contribution in [1.82, 2.24) is 9.62 Å². The summed E-state index contributed by atoms with van der Waals surface area (Å²) in [6.07, 6.45) is 0. The molecule has 1 atom stereocenters. The van der Waals surface area contributed by atoms with E-state index in [9.17, 15) is 12.8 Å². The van der Waals surface area contributed by atoms with Gasteiger partial charge in [0.2, 0.25) is 10.0 Å². The number of ether oxygens (including phenoxy) is 2. The van der Waals surface area contributed by atoms with Crippen LogP contribution in [-0.2, 0) is 10.0 Å². The summed E-state index contributed by atoms with van der Waals surface area (Å²) < 4.78 is 50.5. The number of methoxy groups -OCH3 is 1. The first-order chi connectivity index (χ1) is 12.8. The van der Waals surface area contributed by atoms with Crippen LogP contribution in [0.2, 0.25) is 0 Å². The second-order valence-electron chi connectivity index (χ2n) is 6.22. The van der Waals surface area contributed by atoms with Crippen LogP contribution < -0.4 is 14.2 Å². The molecule has 0 saturated carbocycles. The molecule has 2 aromatic carbocycles. The van der Waals surface area contributed by atoms with Crippen LogP contribution in [0.5, 0.6) is 11.5 Å². The van der Waals surface area contributed by atoms with Gasteiger partial charge < -0.3 is 14.4 Å². The summed E-state index contributed by atoms with van der Waals surface area (Å²) in [5.74, 6) is 0.614. The quantitative estimate of drug-likeness (QED) is 0.668. The first-order valence-corrected chi connectivity index (χ1v) is 10.1. The normalized spacial score (nSPS) is 12.8. The molecule has 0 fully saturated rings. The van der Waals surface area contributed by atoms with Gasteiger partial charge in [-0.3, -0.25) is 0 Å². The number of rotatable bonds is 10. The first kappa shape index (κ1) is 21.1. The Morgan fingerprint density at radius 1 is 1.04 bits per heavy atom. The highest BCUT2D eigenvalue weighted by molar-refractivity contribution is 7.89. The summed E-state index contributed by atoms with van der Waals surface area (Å²) in [6, 6.07) is 12.8. The van der Waals surface area contributed by atoms with E-state index in [1.54, 1.807) is 7.11 Å². The molecule has 0 aliphatic carbocycles. The number of likely N-dealkylation sites (N-methyl/N-ethyl adjacent to an activating group) is 1. The van der Waals surface area contributed by atoms with Gasteiger partial charge in [0, 0.05) is 12.6 Å². The van der Waals surface area contributed by atoms with Crippen LogP contribution >= 0.6 is 0 Å². The van der Waals surface area contributed by atoms with Crippen molar-refractivity contribution in [3.8, 4) is 11.5 Å². The monoisotopic (exact) mass is 396 g/mol. The predicted molar refractivity (Wildman–Crippen MR) is 103 cm³/mol. The van der Waals surface area contributed by atoms with Gasteiger partial charge in [0.15, 0.2) is 0 Å². The van der Waals surface area contributed by atoms with Gasteiger partial charge in [0.05, 0.1) is 12.9 Å². The molecule has 2 rings (SSSR count). The molecule has 27 heavy (non-hydrogen) atoms. The van der Waals surface area contributed by atoms with Crippen LogP contribution in [0.15, 0.2) is 48.5 Å². The summed E-state index contributed by atoms with van der Waals surface area (Å²) >= 11 is 0. The minimum Gasteiger partial charge on any atom is -0.497 e. The summed E-state index contributed by atoms with van der Waals surface area (Å²) in [5.41, 5.74) is 0.978. The van der Waals surface area contributed by atoms with Crippen molar-refractivity contribution in [2.24, 2.45) is 0 Å². The number of sulfonamides is 1. The van der Waals surface area contributed by atoms with Gasteiger partial charge in [-0.25, -0.2) is 17.5 Å². The van der Waals surface area contributed by atoms with Crippen molar-refractivity contribution in [2.45, 2.75) is 6.04 Å². The van der Waals surface area contributed by atoms with E-state index in [-0.39, 0.29) is 30.8 Å². The Morgan fingerprint density at radius 3 is 2.19 bits per heavy atom. The van der Waals surface area contributed by atoms with Gasteiger partial charge in [0.1, 0.15) is 23.9 Å². The highest BCUT2D eigenvalue weighted by Gasteiger charge is 2.18. The van der Waals surface area contributed by atoms with Crippen LogP contribution in [0.3, 0.4) is 0 Å². The molecule has 1 N–H and O–H groups in total. The number of halogens is 1. The third-order valence-electron chi connectivity index (χ3n) is 4.05. The fourth-order valence-electron chi connectivity index (χ4n) is 2.50. The number of nitrogens with zero attached hydrogens (tertiary/aromatic N) is 1. The van der Waals surface area contributed by atoms with E-state index in [4.69, 9.17) is 9.47 Å². The van der Waals surface area contributed by atoms with Crippen molar-refractivity contribution >= 4 is 10.0 Å². The molecule has 0 heterocycles. The molecule has 2 aromatic rings. The standard InChI is InChI=1S/C19H25FN2O4S/c1-22(2)19(15-4-8-17(25-3)9-5-15)14-21-27(23,24)13-12-26-18-10-6-16(20)7-11-18/h4-11,19,21H,12-14H2,1-3H3. The Morgan fingerprint density at radius 2 is 1.63 bits per heavy atom. The van der Waals surface area contributed by atoms with Gasteiger partial charge in [-0.1, -0.05) is 12.1 Å². The molecule has 148 valence electrons. The molecule has 0 aromatic heterocycles. The zero-order chi connectivity index (χ0) is 19.9. The summed E-state index contributed by atoms with van der Waals surface area (Å²) in [4.78, 5) is 1.94. The summed E-state index contributed by atoms with van der Waals surface area (Å²) in [7, 11) is 1.87. The van der Waals surface area contributed by atoms with E-state index < -0.39 is 10.0 Å². The van der Waals surface area contributed by atoms with Crippen LogP contribution in [0.25, 0.3) is 0 Å². The van der Waals surface area contributed by atoms with Crippen molar-refractivity contribution in [2.75, 3.05) is 40.1 Å². The molecule has 0 aliphatic heterocycles. The average Bonchev–Trinajstić information content (AvgIpc) is 2.63.